The Morgan fingerprint density at radius 2 is 2.06 bits per heavy atom. The summed E-state index contributed by atoms with van der Waals surface area (Å²) in [4.78, 5) is 2.74. The third-order valence-electron chi connectivity index (χ3n) is 4.89. The van der Waals surface area contributed by atoms with Crippen molar-refractivity contribution in [1.82, 2.24) is 10.2 Å². The largest absolute Gasteiger partial charge is 0.381 e. The first-order valence-corrected chi connectivity index (χ1v) is 6.87. The van der Waals surface area contributed by atoms with E-state index in [0.29, 0.717) is 0 Å². The summed E-state index contributed by atoms with van der Waals surface area (Å²) in [5.74, 6) is 2.73. The number of ether oxygens (including phenoxy) is 1. The summed E-state index contributed by atoms with van der Waals surface area (Å²) >= 11 is 0. The van der Waals surface area contributed by atoms with Crippen LogP contribution in [-0.4, -0.2) is 50.3 Å². The van der Waals surface area contributed by atoms with Crippen molar-refractivity contribution in [1.29, 1.82) is 0 Å². The summed E-state index contributed by atoms with van der Waals surface area (Å²) in [5, 5.41) is 3.53. The van der Waals surface area contributed by atoms with E-state index in [0.717, 1.165) is 37.0 Å². The molecule has 92 valence electrons. The van der Waals surface area contributed by atoms with E-state index in [4.69, 9.17) is 4.74 Å². The van der Waals surface area contributed by atoms with Gasteiger partial charge in [0, 0.05) is 32.3 Å². The Hall–Kier alpha value is -0.120. The molecule has 3 aliphatic heterocycles. The summed E-state index contributed by atoms with van der Waals surface area (Å²) in [6.07, 6.45) is 2.55. The van der Waals surface area contributed by atoms with Crippen molar-refractivity contribution >= 4 is 0 Å². The molecule has 0 bridgehead atoms. The van der Waals surface area contributed by atoms with Gasteiger partial charge in [-0.3, -0.25) is 4.90 Å². The lowest BCUT2D eigenvalue weighted by atomic mass is 9.95. The van der Waals surface area contributed by atoms with Gasteiger partial charge >= 0.3 is 0 Å². The third kappa shape index (κ3) is 2.01. The summed E-state index contributed by atoms with van der Waals surface area (Å²) in [5.41, 5.74) is 0. The van der Waals surface area contributed by atoms with Crippen LogP contribution in [0.25, 0.3) is 0 Å². The molecular weight excluding hydrogens is 200 g/mol. The zero-order valence-electron chi connectivity index (χ0n) is 10.3. The van der Waals surface area contributed by atoms with Gasteiger partial charge in [-0.2, -0.15) is 0 Å². The maximum atomic E-state index is 5.44. The molecule has 16 heavy (non-hydrogen) atoms. The van der Waals surface area contributed by atoms with E-state index in [1.165, 1.54) is 39.0 Å². The summed E-state index contributed by atoms with van der Waals surface area (Å²) in [7, 11) is 0. The minimum Gasteiger partial charge on any atom is -0.381 e. The van der Waals surface area contributed by atoms with E-state index in [9.17, 15) is 0 Å². The molecular formula is C13H24N2O. The number of hydrogen-bond donors (Lipinski definition) is 1. The van der Waals surface area contributed by atoms with Gasteiger partial charge in [-0.25, -0.2) is 0 Å². The average Bonchev–Trinajstić information content (AvgIpc) is 2.86. The number of hydrogen-bond acceptors (Lipinski definition) is 3. The molecule has 0 saturated carbocycles. The van der Waals surface area contributed by atoms with Crippen LogP contribution < -0.4 is 5.32 Å². The van der Waals surface area contributed by atoms with Gasteiger partial charge in [0.2, 0.25) is 0 Å². The van der Waals surface area contributed by atoms with Crippen molar-refractivity contribution in [3.8, 4) is 0 Å². The second-order valence-electron chi connectivity index (χ2n) is 5.83. The van der Waals surface area contributed by atoms with Gasteiger partial charge in [-0.05, 0) is 50.6 Å². The molecule has 3 unspecified atom stereocenters. The predicted octanol–water partition coefficient (Wildman–Crippen LogP) is 0.953. The van der Waals surface area contributed by atoms with Crippen LogP contribution in [0.15, 0.2) is 0 Å². The minimum absolute atomic E-state index is 0.794. The van der Waals surface area contributed by atoms with Crippen molar-refractivity contribution in [2.24, 2.45) is 17.8 Å². The molecule has 3 nitrogen and oxygen atoms in total. The Morgan fingerprint density at radius 1 is 1.25 bits per heavy atom. The quantitative estimate of drug-likeness (QED) is 0.756. The van der Waals surface area contributed by atoms with E-state index >= 15 is 0 Å². The van der Waals surface area contributed by atoms with E-state index < -0.39 is 0 Å². The van der Waals surface area contributed by atoms with E-state index in [1.54, 1.807) is 0 Å². The van der Waals surface area contributed by atoms with Crippen molar-refractivity contribution in [3.05, 3.63) is 0 Å². The smallest absolute Gasteiger partial charge is 0.0469 e. The van der Waals surface area contributed by atoms with Crippen molar-refractivity contribution in [2.75, 3.05) is 39.4 Å². The monoisotopic (exact) mass is 224 g/mol. The van der Waals surface area contributed by atoms with Gasteiger partial charge in [-0.15, -0.1) is 0 Å². The van der Waals surface area contributed by atoms with E-state index in [1.807, 2.05) is 0 Å². The molecule has 0 radical (unpaired) electrons. The highest BCUT2D eigenvalue weighted by Crippen LogP contribution is 2.33. The second kappa shape index (κ2) is 4.63. The van der Waals surface area contributed by atoms with Crippen LogP contribution in [0.2, 0.25) is 0 Å². The van der Waals surface area contributed by atoms with Crippen LogP contribution >= 0.6 is 0 Å². The Labute approximate surface area is 98.5 Å². The maximum Gasteiger partial charge on any atom is 0.0469 e. The fourth-order valence-electron chi connectivity index (χ4n) is 3.76. The Morgan fingerprint density at radius 3 is 2.81 bits per heavy atom. The van der Waals surface area contributed by atoms with Crippen LogP contribution in [0.3, 0.4) is 0 Å². The fraction of sp³-hybridized carbons (Fsp3) is 1.00. The third-order valence-corrected chi connectivity index (χ3v) is 4.89. The molecule has 3 saturated heterocycles. The highest BCUT2D eigenvalue weighted by atomic mass is 16.5. The van der Waals surface area contributed by atoms with Gasteiger partial charge in [0.05, 0.1) is 0 Å². The lowest BCUT2D eigenvalue weighted by Gasteiger charge is -2.30. The normalized spacial score (nSPS) is 41.4. The molecule has 3 heteroatoms. The first kappa shape index (κ1) is 11.0. The van der Waals surface area contributed by atoms with Crippen LogP contribution in [0.5, 0.6) is 0 Å². The minimum atomic E-state index is 0.794. The van der Waals surface area contributed by atoms with Gasteiger partial charge in [0.15, 0.2) is 0 Å². The van der Waals surface area contributed by atoms with E-state index in [-0.39, 0.29) is 0 Å². The van der Waals surface area contributed by atoms with E-state index in [2.05, 4.69) is 17.1 Å². The van der Waals surface area contributed by atoms with Gasteiger partial charge < -0.3 is 10.1 Å². The number of nitrogens with one attached hydrogen (secondary N) is 1. The number of nitrogens with zero attached hydrogens (tertiary/aromatic N) is 1. The lowest BCUT2D eigenvalue weighted by molar-refractivity contribution is 0.0500. The van der Waals surface area contributed by atoms with Crippen molar-refractivity contribution in [3.63, 3.8) is 0 Å². The molecule has 3 rings (SSSR count). The summed E-state index contributed by atoms with van der Waals surface area (Å²) < 4.78 is 5.44. The average molecular weight is 224 g/mol. The topological polar surface area (TPSA) is 24.5 Å². The molecule has 0 aromatic heterocycles. The second-order valence-corrected chi connectivity index (χ2v) is 5.83. The number of fused-ring (bicyclic) bond motifs is 1. The molecule has 0 spiro atoms. The molecule has 0 aromatic rings. The molecule has 3 fully saturated rings. The fourth-order valence-corrected chi connectivity index (χ4v) is 3.76. The van der Waals surface area contributed by atoms with Gasteiger partial charge in [-0.1, -0.05) is 0 Å². The number of rotatable bonds is 2. The SMILES string of the molecule is CC1C2CNCC2CN1CC1CCOCC1. The van der Waals surface area contributed by atoms with Crippen molar-refractivity contribution in [2.45, 2.75) is 25.8 Å². The highest BCUT2D eigenvalue weighted by Gasteiger charge is 2.42. The summed E-state index contributed by atoms with van der Waals surface area (Å²) in [6.45, 7) is 9.54. The van der Waals surface area contributed by atoms with Crippen LogP contribution in [-0.2, 0) is 4.74 Å². The maximum absolute atomic E-state index is 5.44. The highest BCUT2D eigenvalue weighted by molar-refractivity contribution is 4.96. The first-order valence-electron chi connectivity index (χ1n) is 6.87. The zero-order chi connectivity index (χ0) is 11.0. The van der Waals surface area contributed by atoms with Crippen molar-refractivity contribution < 1.29 is 4.74 Å². The van der Waals surface area contributed by atoms with Crippen LogP contribution in [0.1, 0.15) is 19.8 Å². The van der Waals surface area contributed by atoms with Gasteiger partial charge in [0.25, 0.3) is 0 Å². The molecule has 3 heterocycles. The summed E-state index contributed by atoms with van der Waals surface area (Å²) in [6, 6.07) is 0.794. The standard InChI is InChI=1S/C13H24N2O/c1-10-13-7-14-6-12(13)9-15(10)8-11-2-4-16-5-3-11/h10-14H,2-9H2,1H3. The molecule has 0 amide bonds. The van der Waals surface area contributed by atoms with Crippen LogP contribution in [0.4, 0.5) is 0 Å². The molecule has 1 N–H and O–H groups in total. The predicted molar refractivity (Wildman–Crippen MR) is 64.4 cm³/mol. The molecule has 3 atom stereocenters. The first-order chi connectivity index (χ1) is 7.84. The zero-order valence-corrected chi connectivity index (χ0v) is 10.3. The Kier molecular flexibility index (Phi) is 3.18. The number of likely N-dealkylation sites (tertiary alicyclic amines) is 1. The van der Waals surface area contributed by atoms with Gasteiger partial charge in [0.1, 0.15) is 0 Å². The molecule has 0 aromatic carbocycles. The Bertz CT molecular complexity index is 240. The van der Waals surface area contributed by atoms with Crippen LogP contribution in [0, 0.1) is 17.8 Å². The molecule has 3 aliphatic rings. The lowest BCUT2D eigenvalue weighted by Crippen LogP contribution is -2.38. The Balaban J connectivity index is 1.55. The molecule has 0 aliphatic carbocycles.